The van der Waals surface area contributed by atoms with Crippen molar-refractivity contribution in [2.75, 3.05) is 17.2 Å². The van der Waals surface area contributed by atoms with Gasteiger partial charge in [-0.1, -0.05) is 0 Å². The first-order chi connectivity index (χ1) is 9.06. The number of nitrogens with zero attached hydrogens (tertiary/aromatic N) is 3. The number of fused-ring (bicyclic) bond motifs is 1. The molecule has 1 aliphatic heterocycles. The number of amides is 3. The zero-order valence-electron chi connectivity index (χ0n) is 10.4. The Bertz CT molecular complexity index is 691. The molecule has 0 saturated carbocycles. The maximum absolute atomic E-state index is 11.9. The molecule has 1 saturated heterocycles. The van der Waals surface area contributed by atoms with Crippen LogP contribution in [0.15, 0.2) is 18.3 Å². The Balaban J connectivity index is 2.12. The first kappa shape index (κ1) is 11.5. The molecule has 7 heteroatoms. The summed E-state index contributed by atoms with van der Waals surface area (Å²) in [4.78, 5) is 24.6. The predicted molar refractivity (Wildman–Crippen MR) is 70.6 cm³/mol. The molecule has 1 aromatic carbocycles. The van der Waals surface area contributed by atoms with Crippen LogP contribution in [0.5, 0.6) is 0 Å². The lowest BCUT2D eigenvalue weighted by atomic mass is 10.1. The Morgan fingerprint density at radius 2 is 2.16 bits per heavy atom. The largest absolute Gasteiger partial charge is 0.397 e. The van der Waals surface area contributed by atoms with Crippen LogP contribution in [0.4, 0.5) is 16.2 Å². The monoisotopic (exact) mass is 259 g/mol. The number of aryl methyl sites for hydroxylation is 1. The number of hydrogen-bond donors (Lipinski definition) is 2. The second-order valence-corrected chi connectivity index (χ2v) is 4.49. The van der Waals surface area contributed by atoms with Gasteiger partial charge in [-0.05, 0) is 12.1 Å². The van der Waals surface area contributed by atoms with Crippen LogP contribution in [-0.2, 0) is 11.8 Å². The van der Waals surface area contributed by atoms with E-state index in [-0.39, 0.29) is 12.3 Å². The third kappa shape index (κ3) is 1.79. The first-order valence-electron chi connectivity index (χ1n) is 5.89. The van der Waals surface area contributed by atoms with Crippen molar-refractivity contribution in [2.45, 2.75) is 6.42 Å². The molecule has 7 nitrogen and oxygen atoms in total. The highest BCUT2D eigenvalue weighted by atomic mass is 16.2. The summed E-state index contributed by atoms with van der Waals surface area (Å²) in [7, 11) is 1.79. The SMILES string of the molecule is Cn1cc2c(N3CCC(=O)NC3=O)ccc(N)c2n1. The minimum atomic E-state index is -0.411. The molecular formula is C12H13N5O2. The molecule has 3 rings (SSSR count). The van der Waals surface area contributed by atoms with Gasteiger partial charge in [-0.2, -0.15) is 5.10 Å². The number of benzene rings is 1. The number of carbonyl (C=O) groups excluding carboxylic acids is 2. The summed E-state index contributed by atoms with van der Waals surface area (Å²) in [6.07, 6.45) is 2.10. The number of anilines is 2. The van der Waals surface area contributed by atoms with E-state index in [1.807, 2.05) is 6.20 Å². The highest BCUT2D eigenvalue weighted by Crippen LogP contribution is 2.30. The highest BCUT2D eigenvalue weighted by Gasteiger charge is 2.26. The molecule has 0 atom stereocenters. The third-order valence-corrected chi connectivity index (χ3v) is 3.14. The number of urea groups is 1. The molecule has 98 valence electrons. The van der Waals surface area contributed by atoms with Crippen LogP contribution in [0.3, 0.4) is 0 Å². The van der Waals surface area contributed by atoms with Gasteiger partial charge in [0.2, 0.25) is 5.91 Å². The van der Waals surface area contributed by atoms with Crippen LogP contribution < -0.4 is 16.0 Å². The molecule has 0 spiro atoms. The number of aromatic nitrogens is 2. The average Bonchev–Trinajstić information content (AvgIpc) is 2.73. The number of rotatable bonds is 1. The Labute approximate surface area is 109 Å². The predicted octanol–water partition coefficient (Wildman–Crippen LogP) is 0.602. The molecule has 1 aliphatic rings. The topological polar surface area (TPSA) is 93.2 Å². The minimum absolute atomic E-state index is 0.251. The van der Waals surface area contributed by atoms with E-state index in [0.29, 0.717) is 23.4 Å². The number of carbonyl (C=O) groups is 2. The van der Waals surface area contributed by atoms with Crippen LogP contribution in [0.2, 0.25) is 0 Å². The van der Waals surface area contributed by atoms with E-state index >= 15 is 0 Å². The Morgan fingerprint density at radius 1 is 1.37 bits per heavy atom. The van der Waals surface area contributed by atoms with Crippen molar-refractivity contribution in [3.63, 3.8) is 0 Å². The van der Waals surface area contributed by atoms with E-state index in [4.69, 9.17) is 5.73 Å². The van der Waals surface area contributed by atoms with Gasteiger partial charge >= 0.3 is 6.03 Å². The summed E-state index contributed by atoms with van der Waals surface area (Å²) in [5.74, 6) is -0.251. The van der Waals surface area contributed by atoms with Crippen LogP contribution in [0.25, 0.3) is 10.9 Å². The maximum Gasteiger partial charge on any atom is 0.328 e. The van der Waals surface area contributed by atoms with Crippen LogP contribution in [0.1, 0.15) is 6.42 Å². The molecule has 0 unspecified atom stereocenters. The fourth-order valence-electron chi connectivity index (χ4n) is 2.26. The van der Waals surface area contributed by atoms with E-state index < -0.39 is 6.03 Å². The van der Waals surface area contributed by atoms with Gasteiger partial charge in [0.15, 0.2) is 0 Å². The second kappa shape index (κ2) is 3.98. The first-order valence-corrected chi connectivity index (χ1v) is 5.89. The molecule has 2 heterocycles. The van der Waals surface area contributed by atoms with Crippen LogP contribution >= 0.6 is 0 Å². The van der Waals surface area contributed by atoms with Crippen molar-refractivity contribution in [1.29, 1.82) is 0 Å². The van der Waals surface area contributed by atoms with E-state index in [1.54, 1.807) is 23.9 Å². The normalized spacial score (nSPS) is 15.9. The second-order valence-electron chi connectivity index (χ2n) is 4.49. The van der Waals surface area contributed by atoms with Crippen molar-refractivity contribution in [3.05, 3.63) is 18.3 Å². The number of hydrogen-bond acceptors (Lipinski definition) is 4. The third-order valence-electron chi connectivity index (χ3n) is 3.14. The van der Waals surface area contributed by atoms with Gasteiger partial charge < -0.3 is 5.73 Å². The highest BCUT2D eigenvalue weighted by molar-refractivity contribution is 6.10. The number of nitrogen functional groups attached to an aromatic ring is 1. The molecule has 19 heavy (non-hydrogen) atoms. The maximum atomic E-state index is 11.9. The number of nitrogens with two attached hydrogens (primary N) is 1. The van der Waals surface area contributed by atoms with Gasteiger partial charge in [-0.25, -0.2) is 4.79 Å². The molecule has 2 aromatic rings. The lowest BCUT2D eigenvalue weighted by Crippen LogP contribution is -2.49. The smallest absolute Gasteiger partial charge is 0.328 e. The van der Waals surface area contributed by atoms with E-state index in [2.05, 4.69) is 10.4 Å². The lowest BCUT2D eigenvalue weighted by Gasteiger charge is -2.27. The Hall–Kier alpha value is -2.57. The van der Waals surface area contributed by atoms with Crippen LogP contribution in [0, 0.1) is 0 Å². The van der Waals surface area contributed by atoms with Crippen molar-refractivity contribution in [2.24, 2.45) is 7.05 Å². The Morgan fingerprint density at radius 3 is 2.89 bits per heavy atom. The zero-order valence-corrected chi connectivity index (χ0v) is 10.4. The molecule has 3 amide bonds. The molecule has 0 bridgehead atoms. The van der Waals surface area contributed by atoms with Gasteiger partial charge in [0.25, 0.3) is 0 Å². The average molecular weight is 259 g/mol. The summed E-state index contributed by atoms with van der Waals surface area (Å²) in [5.41, 5.74) is 7.81. The van der Waals surface area contributed by atoms with Gasteiger partial charge in [0.05, 0.1) is 11.4 Å². The molecule has 3 N–H and O–H groups in total. The lowest BCUT2D eigenvalue weighted by molar-refractivity contribution is -0.120. The number of nitrogens with one attached hydrogen (secondary N) is 1. The van der Waals surface area contributed by atoms with Gasteiger partial charge in [-0.15, -0.1) is 0 Å². The Kier molecular flexibility index (Phi) is 2.41. The van der Waals surface area contributed by atoms with Gasteiger partial charge in [0, 0.05) is 31.6 Å². The molecule has 0 radical (unpaired) electrons. The quantitative estimate of drug-likeness (QED) is 0.733. The summed E-state index contributed by atoms with van der Waals surface area (Å²) < 4.78 is 1.65. The standard InChI is InChI=1S/C12H13N5O2/c1-16-6-7-9(3-2-8(13)11(7)15-16)17-5-4-10(18)14-12(17)19/h2-3,6H,4-5,13H2,1H3,(H,14,18,19). The van der Waals surface area contributed by atoms with Crippen LogP contribution in [-0.4, -0.2) is 28.3 Å². The summed E-state index contributed by atoms with van der Waals surface area (Å²) in [6.45, 7) is 0.360. The minimum Gasteiger partial charge on any atom is -0.397 e. The fourth-order valence-corrected chi connectivity index (χ4v) is 2.26. The van der Waals surface area contributed by atoms with Gasteiger partial charge in [-0.3, -0.25) is 19.7 Å². The van der Waals surface area contributed by atoms with Crippen molar-refractivity contribution >= 4 is 34.2 Å². The summed E-state index contributed by atoms with van der Waals surface area (Å²) in [6, 6.07) is 3.08. The van der Waals surface area contributed by atoms with Gasteiger partial charge in [0.1, 0.15) is 5.52 Å². The summed E-state index contributed by atoms with van der Waals surface area (Å²) >= 11 is 0. The van der Waals surface area contributed by atoms with E-state index in [9.17, 15) is 9.59 Å². The van der Waals surface area contributed by atoms with E-state index in [0.717, 1.165) is 5.39 Å². The number of imide groups is 1. The van der Waals surface area contributed by atoms with Crippen molar-refractivity contribution in [1.82, 2.24) is 15.1 Å². The zero-order chi connectivity index (χ0) is 13.6. The van der Waals surface area contributed by atoms with E-state index in [1.165, 1.54) is 4.90 Å². The van der Waals surface area contributed by atoms with Crippen molar-refractivity contribution in [3.8, 4) is 0 Å². The molecule has 1 aromatic heterocycles. The molecule has 0 aliphatic carbocycles. The fraction of sp³-hybridized carbons (Fsp3) is 0.250. The summed E-state index contributed by atoms with van der Waals surface area (Å²) in [5, 5.41) is 7.38. The molecule has 1 fully saturated rings. The molecular weight excluding hydrogens is 246 g/mol. The van der Waals surface area contributed by atoms with Crippen molar-refractivity contribution < 1.29 is 9.59 Å².